The van der Waals surface area contributed by atoms with Gasteiger partial charge in [0.25, 0.3) is 0 Å². The van der Waals surface area contributed by atoms with E-state index in [-0.39, 0.29) is 11.9 Å². The average Bonchev–Trinajstić information content (AvgIpc) is 2.89. The highest BCUT2D eigenvalue weighted by Gasteiger charge is 2.21. The molecule has 4 heteroatoms. The van der Waals surface area contributed by atoms with E-state index in [4.69, 9.17) is 0 Å². The Morgan fingerprint density at radius 3 is 2.88 bits per heavy atom. The van der Waals surface area contributed by atoms with Crippen LogP contribution in [-0.4, -0.2) is 29.9 Å². The number of amides is 1. The fourth-order valence-corrected chi connectivity index (χ4v) is 2.80. The van der Waals surface area contributed by atoms with Gasteiger partial charge in [0.2, 0.25) is 5.91 Å². The number of nitrogens with zero attached hydrogens (tertiary/aromatic N) is 1. The minimum atomic E-state index is -0.0739. The highest BCUT2D eigenvalue weighted by atomic mass is 32.1. The molecule has 2 heterocycles. The Hall–Kier alpha value is -0.870. The highest BCUT2D eigenvalue weighted by Crippen LogP contribution is 2.11. The first kappa shape index (κ1) is 12.6. The Labute approximate surface area is 107 Å². The van der Waals surface area contributed by atoms with Crippen molar-refractivity contribution in [3.8, 4) is 0 Å². The molecule has 2 rings (SSSR count). The normalized spacial score (nSPS) is 18.1. The van der Waals surface area contributed by atoms with Gasteiger partial charge in [0, 0.05) is 24.5 Å². The van der Waals surface area contributed by atoms with Crippen LogP contribution in [0.3, 0.4) is 0 Å². The van der Waals surface area contributed by atoms with Crippen LogP contribution >= 0.6 is 11.3 Å². The van der Waals surface area contributed by atoms with Gasteiger partial charge < -0.3 is 10.2 Å². The molecule has 17 heavy (non-hydrogen) atoms. The van der Waals surface area contributed by atoms with E-state index in [1.165, 1.54) is 11.3 Å². The molecule has 1 atom stereocenters. The topological polar surface area (TPSA) is 32.3 Å². The molecule has 1 unspecified atom stereocenters. The van der Waals surface area contributed by atoms with Gasteiger partial charge in [-0.25, -0.2) is 0 Å². The summed E-state index contributed by atoms with van der Waals surface area (Å²) < 4.78 is 0. The molecule has 0 bridgehead atoms. The van der Waals surface area contributed by atoms with Gasteiger partial charge in [0.05, 0.1) is 6.04 Å². The van der Waals surface area contributed by atoms with Crippen molar-refractivity contribution in [2.75, 3.05) is 13.1 Å². The summed E-state index contributed by atoms with van der Waals surface area (Å²) in [4.78, 5) is 15.4. The molecule has 0 aromatic carbocycles. The standard InChI is InChI=1S/C13H20N2OS/c1-11(14-10-12-6-5-9-17-12)13(16)15-7-3-2-4-8-15/h5-6,9,11,14H,2-4,7-8,10H2,1H3. The maximum absolute atomic E-state index is 12.1. The lowest BCUT2D eigenvalue weighted by atomic mass is 10.1. The lowest BCUT2D eigenvalue weighted by Crippen LogP contribution is -2.46. The van der Waals surface area contributed by atoms with Gasteiger partial charge >= 0.3 is 0 Å². The number of nitrogens with one attached hydrogen (secondary N) is 1. The molecule has 0 saturated carbocycles. The average molecular weight is 252 g/mol. The molecule has 94 valence electrons. The van der Waals surface area contributed by atoms with Crippen molar-refractivity contribution in [1.29, 1.82) is 0 Å². The molecule has 1 amide bonds. The fourth-order valence-electron chi connectivity index (χ4n) is 2.14. The summed E-state index contributed by atoms with van der Waals surface area (Å²) in [5, 5.41) is 5.36. The molecule has 1 aliphatic heterocycles. The predicted molar refractivity (Wildman–Crippen MR) is 71.1 cm³/mol. The van der Waals surface area contributed by atoms with Crippen LogP contribution in [0.1, 0.15) is 31.1 Å². The van der Waals surface area contributed by atoms with E-state index in [9.17, 15) is 4.79 Å². The number of hydrogen-bond acceptors (Lipinski definition) is 3. The van der Waals surface area contributed by atoms with Crippen molar-refractivity contribution >= 4 is 17.2 Å². The first-order valence-corrected chi connectivity index (χ1v) is 7.20. The molecule has 1 N–H and O–H groups in total. The molecule has 3 nitrogen and oxygen atoms in total. The SMILES string of the molecule is CC(NCc1cccs1)C(=O)N1CCCCC1. The van der Waals surface area contributed by atoms with Crippen molar-refractivity contribution in [2.45, 2.75) is 38.8 Å². The minimum Gasteiger partial charge on any atom is -0.341 e. The van der Waals surface area contributed by atoms with Crippen LogP contribution in [0.4, 0.5) is 0 Å². The second kappa shape index (κ2) is 6.17. The molecule has 0 aliphatic carbocycles. The van der Waals surface area contributed by atoms with E-state index >= 15 is 0 Å². The van der Waals surface area contributed by atoms with Gasteiger partial charge in [0.15, 0.2) is 0 Å². The predicted octanol–water partition coefficient (Wildman–Crippen LogP) is 2.24. The number of carbonyl (C=O) groups excluding carboxylic acids is 1. The fraction of sp³-hybridized carbons (Fsp3) is 0.615. The quantitative estimate of drug-likeness (QED) is 0.891. The summed E-state index contributed by atoms with van der Waals surface area (Å²) in [7, 11) is 0. The third-order valence-corrected chi connectivity index (χ3v) is 4.08. The number of piperidine rings is 1. The smallest absolute Gasteiger partial charge is 0.239 e. The first-order chi connectivity index (χ1) is 8.27. The Morgan fingerprint density at radius 1 is 1.47 bits per heavy atom. The second-order valence-electron chi connectivity index (χ2n) is 4.57. The van der Waals surface area contributed by atoms with Gasteiger partial charge in [-0.15, -0.1) is 11.3 Å². The molecule has 0 radical (unpaired) electrons. The van der Waals surface area contributed by atoms with Crippen LogP contribution in [0.5, 0.6) is 0 Å². The molecular formula is C13H20N2OS. The maximum Gasteiger partial charge on any atom is 0.239 e. The van der Waals surface area contributed by atoms with Crippen molar-refractivity contribution in [1.82, 2.24) is 10.2 Å². The van der Waals surface area contributed by atoms with Crippen LogP contribution < -0.4 is 5.32 Å². The number of likely N-dealkylation sites (tertiary alicyclic amines) is 1. The van der Waals surface area contributed by atoms with Gasteiger partial charge in [-0.2, -0.15) is 0 Å². The maximum atomic E-state index is 12.1. The Kier molecular flexibility index (Phi) is 4.57. The molecule has 1 saturated heterocycles. The van der Waals surface area contributed by atoms with Crippen molar-refractivity contribution in [2.24, 2.45) is 0 Å². The van der Waals surface area contributed by atoms with Crippen LogP contribution in [0.2, 0.25) is 0 Å². The summed E-state index contributed by atoms with van der Waals surface area (Å²) in [6, 6.07) is 4.06. The zero-order valence-corrected chi connectivity index (χ0v) is 11.1. The summed E-state index contributed by atoms with van der Waals surface area (Å²) in [6.45, 7) is 4.62. The van der Waals surface area contributed by atoms with Crippen LogP contribution in [-0.2, 0) is 11.3 Å². The Bertz CT molecular complexity index is 344. The van der Waals surface area contributed by atoms with Gasteiger partial charge in [-0.1, -0.05) is 6.07 Å². The van der Waals surface area contributed by atoms with Gasteiger partial charge in [-0.3, -0.25) is 4.79 Å². The molecule has 1 aromatic heterocycles. The summed E-state index contributed by atoms with van der Waals surface area (Å²) in [5.74, 6) is 0.251. The largest absolute Gasteiger partial charge is 0.341 e. The molecule has 1 aliphatic rings. The number of carbonyl (C=O) groups is 1. The second-order valence-corrected chi connectivity index (χ2v) is 5.60. The zero-order valence-electron chi connectivity index (χ0n) is 10.3. The third-order valence-electron chi connectivity index (χ3n) is 3.20. The van der Waals surface area contributed by atoms with E-state index in [0.717, 1.165) is 32.5 Å². The van der Waals surface area contributed by atoms with E-state index in [1.54, 1.807) is 11.3 Å². The molecule has 1 aromatic rings. The summed E-state index contributed by atoms with van der Waals surface area (Å²) >= 11 is 1.72. The number of thiophene rings is 1. The van der Waals surface area contributed by atoms with E-state index in [0.29, 0.717) is 0 Å². The first-order valence-electron chi connectivity index (χ1n) is 6.32. The van der Waals surface area contributed by atoms with E-state index in [1.807, 2.05) is 17.9 Å². The minimum absolute atomic E-state index is 0.0739. The Morgan fingerprint density at radius 2 is 2.24 bits per heavy atom. The zero-order chi connectivity index (χ0) is 12.1. The number of hydrogen-bond donors (Lipinski definition) is 1. The number of rotatable bonds is 4. The van der Waals surface area contributed by atoms with Crippen molar-refractivity contribution in [3.63, 3.8) is 0 Å². The van der Waals surface area contributed by atoms with Crippen LogP contribution in [0.25, 0.3) is 0 Å². The lowest BCUT2D eigenvalue weighted by molar-refractivity contribution is -0.133. The molecule has 0 spiro atoms. The Balaban J connectivity index is 1.78. The molecular weight excluding hydrogens is 232 g/mol. The van der Waals surface area contributed by atoms with Crippen molar-refractivity contribution in [3.05, 3.63) is 22.4 Å². The van der Waals surface area contributed by atoms with E-state index in [2.05, 4.69) is 16.8 Å². The summed E-state index contributed by atoms with van der Waals surface area (Å²) in [6.07, 6.45) is 3.58. The van der Waals surface area contributed by atoms with Crippen LogP contribution in [0, 0.1) is 0 Å². The van der Waals surface area contributed by atoms with Gasteiger partial charge in [0.1, 0.15) is 0 Å². The third kappa shape index (κ3) is 3.54. The lowest BCUT2D eigenvalue weighted by Gasteiger charge is -2.29. The monoisotopic (exact) mass is 252 g/mol. The van der Waals surface area contributed by atoms with Gasteiger partial charge in [-0.05, 0) is 37.6 Å². The molecule has 1 fully saturated rings. The highest BCUT2D eigenvalue weighted by molar-refractivity contribution is 7.09. The summed E-state index contributed by atoms with van der Waals surface area (Å²) in [5.41, 5.74) is 0. The van der Waals surface area contributed by atoms with Crippen LogP contribution in [0.15, 0.2) is 17.5 Å². The van der Waals surface area contributed by atoms with E-state index < -0.39 is 0 Å². The van der Waals surface area contributed by atoms with Crippen molar-refractivity contribution < 1.29 is 4.79 Å².